The Balaban J connectivity index is 1.18. The molecule has 0 atom stereocenters. The third kappa shape index (κ3) is 6.34. The standard InChI is InChI=1S/C25H29N5O4/c1-2-33-21-10-8-18(9-11-21)24-28-23(34-29-24)13-12-22(31)26-20-14-16-30(17-15-20)25(32)27-19-6-4-3-5-7-19/h3-11,20H,2,12-17H2,1H3,(H,26,31)(H,27,32). The molecule has 4 rings (SSSR count). The Kier molecular flexibility index (Phi) is 7.75. The summed E-state index contributed by atoms with van der Waals surface area (Å²) in [6.07, 6.45) is 2.07. The topological polar surface area (TPSA) is 110 Å². The molecular formula is C25H29N5O4. The number of piperidine rings is 1. The third-order valence-electron chi connectivity index (χ3n) is 5.63. The van der Waals surface area contributed by atoms with E-state index in [9.17, 15) is 9.59 Å². The van der Waals surface area contributed by atoms with E-state index >= 15 is 0 Å². The van der Waals surface area contributed by atoms with E-state index in [1.165, 1.54) is 0 Å². The van der Waals surface area contributed by atoms with Gasteiger partial charge in [0.25, 0.3) is 0 Å². The van der Waals surface area contributed by atoms with Crippen LogP contribution in [0.2, 0.25) is 0 Å². The van der Waals surface area contributed by atoms with Crippen LogP contribution in [0.15, 0.2) is 59.1 Å². The molecule has 9 nitrogen and oxygen atoms in total. The first kappa shape index (κ1) is 23.3. The lowest BCUT2D eigenvalue weighted by Gasteiger charge is -2.32. The fourth-order valence-electron chi connectivity index (χ4n) is 3.81. The van der Waals surface area contributed by atoms with Gasteiger partial charge < -0.3 is 24.8 Å². The molecule has 0 radical (unpaired) electrons. The second-order valence-corrected chi connectivity index (χ2v) is 8.09. The second kappa shape index (κ2) is 11.3. The summed E-state index contributed by atoms with van der Waals surface area (Å²) in [5, 5.41) is 9.96. The molecule has 9 heteroatoms. The third-order valence-corrected chi connectivity index (χ3v) is 5.63. The minimum absolute atomic E-state index is 0.0513. The molecule has 3 amide bonds. The van der Waals surface area contributed by atoms with Crippen molar-refractivity contribution in [2.75, 3.05) is 25.0 Å². The maximum Gasteiger partial charge on any atom is 0.321 e. The van der Waals surface area contributed by atoms with Crippen LogP contribution in [-0.2, 0) is 11.2 Å². The van der Waals surface area contributed by atoms with Crippen LogP contribution in [0, 0.1) is 0 Å². The highest BCUT2D eigenvalue weighted by Gasteiger charge is 2.24. The number of ether oxygens (including phenoxy) is 1. The molecule has 2 N–H and O–H groups in total. The zero-order valence-electron chi connectivity index (χ0n) is 19.2. The first-order chi connectivity index (χ1) is 16.6. The molecule has 34 heavy (non-hydrogen) atoms. The summed E-state index contributed by atoms with van der Waals surface area (Å²) < 4.78 is 10.7. The Hall–Kier alpha value is -3.88. The number of nitrogens with one attached hydrogen (secondary N) is 2. The largest absolute Gasteiger partial charge is 0.494 e. The summed E-state index contributed by atoms with van der Waals surface area (Å²) >= 11 is 0. The maximum atomic E-state index is 12.4. The van der Waals surface area contributed by atoms with Gasteiger partial charge in [0.05, 0.1) is 6.61 Å². The molecular weight excluding hydrogens is 434 g/mol. The van der Waals surface area contributed by atoms with Crippen LogP contribution in [0.1, 0.15) is 32.1 Å². The highest BCUT2D eigenvalue weighted by atomic mass is 16.5. The maximum absolute atomic E-state index is 12.4. The number of para-hydroxylation sites is 1. The summed E-state index contributed by atoms with van der Waals surface area (Å²) in [7, 11) is 0. The number of anilines is 1. The lowest BCUT2D eigenvalue weighted by molar-refractivity contribution is -0.122. The van der Waals surface area contributed by atoms with Gasteiger partial charge in [-0.2, -0.15) is 4.98 Å². The highest BCUT2D eigenvalue weighted by molar-refractivity contribution is 5.89. The number of rotatable bonds is 8. The van der Waals surface area contributed by atoms with E-state index in [4.69, 9.17) is 9.26 Å². The number of carbonyl (C=O) groups excluding carboxylic acids is 2. The summed E-state index contributed by atoms with van der Waals surface area (Å²) in [6, 6.07) is 16.8. The minimum Gasteiger partial charge on any atom is -0.494 e. The van der Waals surface area contributed by atoms with Crippen LogP contribution < -0.4 is 15.4 Å². The summed E-state index contributed by atoms with van der Waals surface area (Å²) in [5.74, 6) is 1.63. The molecule has 0 unspecified atom stereocenters. The molecule has 1 aliphatic heterocycles. The van der Waals surface area contributed by atoms with Gasteiger partial charge in [-0.05, 0) is 56.2 Å². The number of urea groups is 1. The van der Waals surface area contributed by atoms with E-state index in [1.54, 1.807) is 4.90 Å². The average Bonchev–Trinajstić information content (AvgIpc) is 3.34. The molecule has 0 saturated carbocycles. The first-order valence-corrected chi connectivity index (χ1v) is 11.6. The smallest absolute Gasteiger partial charge is 0.321 e. The number of aryl methyl sites for hydroxylation is 1. The molecule has 0 bridgehead atoms. The van der Waals surface area contributed by atoms with Crippen molar-refractivity contribution < 1.29 is 18.8 Å². The van der Waals surface area contributed by atoms with Gasteiger partial charge in [0.15, 0.2) is 0 Å². The summed E-state index contributed by atoms with van der Waals surface area (Å²) in [5.41, 5.74) is 1.60. The molecule has 1 aliphatic rings. The fraction of sp³-hybridized carbons (Fsp3) is 0.360. The van der Waals surface area contributed by atoms with E-state index < -0.39 is 0 Å². The van der Waals surface area contributed by atoms with Crippen molar-refractivity contribution in [1.82, 2.24) is 20.4 Å². The SMILES string of the molecule is CCOc1ccc(-c2noc(CCC(=O)NC3CCN(C(=O)Nc4ccccc4)CC3)n2)cc1. The molecule has 2 aromatic carbocycles. The van der Waals surface area contributed by atoms with Crippen LogP contribution in [0.3, 0.4) is 0 Å². The van der Waals surface area contributed by atoms with Gasteiger partial charge >= 0.3 is 6.03 Å². The van der Waals surface area contributed by atoms with Crippen LogP contribution in [0.4, 0.5) is 10.5 Å². The zero-order chi connectivity index (χ0) is 23.8. The Labute approximate surface area is 198 Å². The molecule has 3 aromatic rings. The number of hydrogen-bond donors (Lipinski definition) is 2. The van der Waals surface area contributed by atoms with Gasteiger partial charge in [-0.15, -0.1) is 0 Å². The van der Waals surface area contributed by atoms with Crippen molar-refractivity contribution in [2.24, 2.45) is 0 Å². The molecule has 0 spiro atoms. The van der Waals surface area contributed by atoms with E-state index in [-0.39, 0.29) is 24.4 Å². The van der Waals surface area contributed by atoms with Gasteiger partial charge in [0.1, 0.15) is 5.75 Å². The van der Waals surface area contributed by atoms with Crippen molar-refractivity contribution >= 4 is 17.6 Å². The number of nitrogens with zero attached hydrogens (tertiary/aromatic N) is 3. The molecule has 1 aromatic heterocycles. The van der Waals surface area contributed by atoms with Crippen molar-refractivity contribution in [3.63, 3.8) is 0 Å². The zero-order valence-corrected chi connectivity index (χ0v) is 19.2. The van der Waals surface area contributed by atoms with E-state index in [0.717, 1.165) is 29.8 Å². The molecule has 0 aliphatic carbocycles. The Morgan fingerprint density at radius 1 is 1.09 bits per heavy atom. The Morgan fingerprint density at radius 2 is 1.82 bits per heavy atom. The number of aromatic nitrogens is 2. The average molecular weight is 464 g/mol. The highest BCUT2D eigenvalue weighted by Crippen LogP contribution is 2.20. The quantitative estimate of drug-likeness (QED) is 0.525. The van der Waals surface area contributed by atoms with Crippen LogP contribution in [0.25, 0.3) is 11.4 Å². The van der Waals surface area contributed by atoms with Crippen molar-refractivity contribution in [3.8, 4) is 17.1 Å². The normalized spacial score (nSPS) is 14.0. The fourth-order valence-corrected chi connectivity index (χ4v) is 3.81. The second-order valence-electron chi connectivity index (χ2n) is 8.09. The van der Waals surface area contributed by atoms with Gasteiger partial charge in [-0.1, -0.05) is 23.4 Å². The van der Waals surface area contributed by atoms with Gasteiger partial charge in [-0.3, -0.25) is 4.79 Å². The summed E-state index contributed by atoms with van der Waals surface area (Å²) in [6.45, 7) is 3.73. The monoisotopic (exact) mass is 463 g/mol. The number of carbonyl (C=O) groups is 2. The molecule has 1 fully saturated rings. The molecule has 1 saturated heterocycles. The summed E-state index contributed by atoms with van der Waals surface area (Å²) in [4.78, 5) is 31.0. The number of likely N-dealkylation sites (tertiary alicyclic amines) is 1. The predicted octanol–water partition coefficient (Wildman–Crippen LogP) is 3.88. The van der Waals surface area contributed by atoms with Crippen LogP contribution >= 0.6 is 0 Å². The van der Waals surface area contributed by atoms with Crippen LogP contribution in [-0.4, -0.2) is 52.7 Å². The molecule has 2 heterocycles. The van der Waals surface area contributed by atoms with Crippen molar-refractivity contribution in [3.05, 3.63) is 60.5 Å². The number of hydrogen-bond acceptors (Lipinski definition) is 6. The van der Waals surface area contributed by atoms with Gasteiger partial charge in [-0.25, -0.2) is 4.79 Å². The lowest BCUT2D eigenvalue weighted by Crippen LogP contribution is -2.47. The number of amides is 3. The van der Waals surface area contributed by atoms with E-state index in [2.05, 4.69) is 20.8 Å². The van der Waals surface area contributed by atoms with Gasteiger partial charge in [0.2, 0.25) is 17.6 Å². The molecule has 178 valence electrons. The van der Waals surface area contributed by atoms with Crippen LogP contribution in [0.5, 0.6) is 5.75 Å². The predicted molar refractivity (Wildman–Crippen MR) is 127 cm³/mol. The van der Waals surface area contributed by atoms with Crippen molar-refractivity contribution in [2.45, 2.75) is 38.6 Å². The Morgan fingerprint density at radius 3 is 2.53 bits per heavy atom. The Bertz CT molecular complexity index is 1080. The van der Waals surface area contributed by atoms with E-state index in [1.807, 2.05) is 61.5 Å². The van der Waals surface area contributed by atoms with Crippen molar-refractivity contribution in [1.29, 1.82) is 0 Å². The lowest BCUT2D eigenvalue weighted by atomic mass is 10.0. The minimum atomic E-state index is -0.115. The number of benzene rings is 2. The first-order valence-electron chi connectivity index (χ1n) is 11.6. The van der Waals surface area contributed by atoms with Gasteiger partial charge in [0, 0.05) is 43.2 Å². The van der Waals surface area contributed by atoms with E-state index in [0.29, 0.717) is 37.8 Å².